The molecule has 94 valence electrons. The van der Waals surface area contributed by atoms with E-state index in [1.165, 1.54) is 36.9 Å². The molecule has 17 heavy (non-hydrogen) atoms. The van der Waals surface area contributed by atoms with Gasteiger partial charge in [-0.15, -0.1) is 0 Å². The summed E-state index contributed by atoms with van der Waals surface area (Å²) in [5, 5.41) is 0. The Labute approximate surface area is 112 Å². The van der Waals surface area contributed by atoms with Crippen molar-refractivity contribution in [1.29, 1.82) is 0 Å². The monoisotopic (exact) mass is 296 g/mol. The maximum absolute atomic E-state index is 5.94. The van der Waals surface area contributed by atoms with Crippen LogP contribution in [0.25, 0.3) is 0 Å². The number of nitrogens with zero attached hydrogens (tertiary/aromatic N) is 1. The molecule has 2 nitrogen and oxygen atoms in total. The molecule has 0 spiro atoms. The predicted molar refractivity (Wildman–Crippen MR) is 78.6 cm³/mol. The van der Waals surface area contributed by atoms with E-state index < -0.39 is 0 Å². The van der Waals surface area contributed by atoms with E-state index in [0.717, 1.165) is 16.7 Å². The lowest BCUT2D eigenvalue weighted by molar-refractivity contribution is 0.615. The van der Waals surface area contributed by atoms with E-state index in [-0.39, 0.29) is 0 Å². The highest BCUT2D eigenvalue weighted by Gasteiger charge is 2.19. The molecule has 0 amide bonds. The van der Waals surface area contributed by atoms with Gasteiger partial charge >= 0.3 is 0 Å². The minimum atomic E-state index is 0.622. The molecule has 0 aromatic heterocycles. The fraction of sp³-hybridized carbons (Fsp3) is 0.571. The lowest BCUT2D eigenvalue weighted by Crippen LogP contribution is -2.32. The van der Waals surface area contributed by atoms with E-state index in [9.17, 15) is 0 Å². The van der Waals surface area contributed by atoms with Gasteiger partial charge in [0.25, 0.3) is 0 Å². The van der Waals surface area contributed by atoms with Crippen molar-refractivity contribution in [3.8, 4) is 0 Å². The molecule has 1 aliphatic heterocycles. The SMILES string of the molecule is Cc1cc(N2CCCCCC2C)c(Br)cc1N. The van der Waals surface area contributed by atoms with Gasteiger partial charge in [0.15, 0.2) is 0 Å². The molecule has 2 rings (SSSR count). The molecule has 3 heteroatoms. The Hall–Kier alpha value is -0.700. The van der Waals surface area contributed by atoms with Gasteiger partial charge in [-0.2, -0.15) is 0 Å². The minimum absolute atomic E-state index is 0.622. The van der Waals surface area contributed by atoms with Crippen molar-refractivity contribution >= 4 is 27.3 Å². The van der Waals surface area contributed by atoms with Gasteiger partial charge in [-0.1, -0.05) is 12.8 Å². The molecule has 1 saturated heterocycles. The number of aryl methyl sites for hydroxylation is 1. The Morgan fingerprint density at radius 1 is 1.29 bits per heavy atom. The molecule has 1 heterocycles. The molecule has 0 aliphatic carbocycles. The minimum Gasteiger partial charge on any atom is -0.398 e. The molecule has 1 unspecified atom stereocenters. The van der Waals surface area contributed by atoms with Crippen molar-refractivity contribution < 1.29 is 0 Å². The lowest BCUT2D eigenvalue weighted by Gasteiger charge is -2.31. The number of hydrogen-bond donors (Lipinski definition) is 1. The highest BCUT2D eigenvalue weighted by Crippen LogP contribution is 2.34. The van der Waals surface area contributed by atoms with Gasteiger partial charge in [0.05, 0.1) is 5.69 Å². The second-order valence-corrected chi connectivity index (χ2v) is 5.91. The molecule has 1 aromatic rings. The first-order valence-electron chi connectivity index (χ1n) is 6.42. The molecule has 0 saturated carbocycles. The summed E-state index contributed by atoms with van der Waals surface area (Å²) in [6, 6.07) is 4.86. The van der Waals surface area contributed by atoms with Crippen LogP contribution < -0.4 is 10.6 Å². The first-order chi connectivity index (χ1) is 8.09. The van der Waals surface area contributed by atoms with Crippen molar-refractivity contribution in [2.45, 2.75) is 45.6 Å². The summed E-state index contributed by atoms with van der Waals surface area (Å²) in [6.07, 6.45) is 5.28. The molecule has 0 radical (unpaired) electrons. The summed E-state index contributed by atoms with van der Waals surface area (Å²) in [4.78, 5) is 2.52. The zero-order chi connectivity index (χ0) is 12.4. The van der Waals surface area contributed by atoms with Crippen LogP contribution in [0.5, 0.6) is 0 Å². The van der Waals surface area contributed by atoms with Crippen LogP contribution in [0.15, 0.2) is 16.6 Å². The van der Waals surface area contributed by atoms with Gasteiger partial charge in [-0.3, -0.25) is 0 Å². The zero-order valence-corrected chi connectivity index (χ0v) is 12.3. The van der Waals surface area contributed by atoms with Gasteiger partial charge in [-0.25, -0.2) is 0 Å². The van der Waals surface area contributed by atoms with E-state index in [4.69, 9.17) is 5.73 Å². The molecular formula is C14H21BrN2. The first kappa shape index (κ1) is 12.7. The Morgan fingerprint density at radius 2 is 2.06 bits per heavy atom. The van der Waals surface area contributed by atoms with Crippen LogP contribution in [-0.2, 0) is 0 Å². The zero-order valence-electron chi connectivity index (χ0n) is 10.7. The molecule has 1 fully saturated rings. The van der Waals surface area contributed by atoms with Crippen LogP contribution in [0.2, 0.25) is 0 Å². The number of halogens is 1. The van der Waals surface area contributed by atoms with Crippen molar-refractivity contribution in [3.05, 3.63) is 22.2 Å². The van der Waals surface area contributed by atoms with Gasteiger partial charge in [0, 0.05) is 22.7 Å². The molecular weight excluding hydrogens is 276 g/mol. The number of nitrogen functional groups attached to an aromatic ring is 1. The maximum atomic E-state index is 5.94. The smallest absolute Gasteiger partial charge is 0.0517 e. The Kier molecular flexibility index (Phi) is 3.97. The standard InChI is InChI=1S/C14H21BrN2/c1-10-8-14(12(15)9-13(10)16)17-7-5-3-4-6-11(17)2/h8-9,11H,3-7,16H2,1-2H3. The topological polar surface area (TPSA) is 29.3 Å². The molecule has 2 N–H and O–H groups in total. The van der Waals surface area contributed by atoms with E-state index in [2.05, 4.69) is 40.7 Å². The first-order valence-corrected chi connectivity index (χ1v) is 7.21. The summed E-state index contributed by atoms with van der Waals surface area (Å²) < 4.78 is 1.12. The second-order valence-electron chi connectivity index (χ2n) is 5.05. The summed E-state index contributed by atoms with van der Waals surface area (Å²) in [7, 11) is 0. The van der Waals surface area contributed by atoms with Crippen molar-refractivity contribution in [1.82, 2.24) is 0 Å². The number of anilines is 2. The third-order valence-corrected chi connectivity index (χ3v) is 4.33. The molecule has 0 bridgehead atoms. The predicted octanol–water partition coefficient (Wildman–Crippen LogP) is 4.11. The van der Waals surface area contributed by atoms with E-state index in [1.807, 2.05) is 6.07 Å². The summed E-state index contributed by atoms with van der Waals surface area (Å²) in [5.74, 6) is 0. The molecule has 1 aromatic carbocycles. The molecule has 1 aliphatic rings. The Balaban J connectivity index is 2.34. The van der Waals surface area contributed by atoms with Gasteiger partial charge in [-0.05, 0) is 60.3 Å². The van der Waals surface area contributed by atoms with E-state index in [1.54, 1.807) is 0 Å². The Bertz CT molecular complexity index is 403. The maximum Gasteiger partial charge on any atom is 0.0517 e. The van der Waals surface area contributed by atoms with Crippen LogP contribution >= 0.6 is 15.9 Å². The number of hydrogen-bond acceptors (Lipinski definition) is 2. The summed E-state index contributed by atoms with van der Waals surface area (Å²) in [6.45, 7) is 5.56. The van der Waals surface area contributed by atoms with Crippen LogP contribution in [0.3, 0.4) is 0 Å². The van der Waals surface area contributed by atoms with Gasteiger partial charge < -0.3 is 10.6 Å². The third kappa shape index (κ3) is 2.76. The fourth-order valence-corrected chi connectivity index (χ4v) is 3.12. The second kappa shape index (κ2) is 5.30. The van der Waals surface area contributed by atoms with Gasteiger partial charge in [0.1, 0.15) is 0 Å². The fourth-order valence-electron chi connectivity index (χ4n) is 2.53. The summed E-state index contributed by atoms with van der Waals surface area (Å²) >= 11 is 3.65. The Morgan fingerprint density at radius 3 is 2.82 bits per heavy atom. The van der Waals surface area contributed by atoms with Crippen LogP contribution in [0, 0.1) is 6.92 Å². The van der Waals surface area contributed by atoms with E-state index in [0.29, 0.717) is 6.04 Å². The normalized spacial score (nSPS) is 21.4. The average Bonchev–Trinajstić information content (AvgIpc) is 2.49. The lowest BCUT2D eigenvalue weighted by atomic mass is 10.1. The third-order valence-electron chi connectivity index (χ3n) is 3.70. The number of rotatable bonds is 1. The van der Waals surface area contributed by atoms with Gasteiger partial charge in [0.2, 0.25) is 0 Å². The van der Waals surface area contributed by atoms with Crippen molar-refractivity contribution in [3.63, 3.8) is 0 Å². The summed E-state index contributed by atoms with van der Waals surface area (Å²) in [5.41, 5.74) is 9.26. The average molecular weight is 297 g/mol. The van der Waals surface area contributed by atoms with Crippen LogP contribution in [0.4, 0.5) is 11.4 Å². The molecule has 1 atom stereocenters. The van der Waals surface area contributed by atoms with Crippen LogP contribution in [0.1, 0.15) is 38.2 Å². The quantitative estimate of drug-likeness (QED) is 0.790. The van der Waals surface area contributed by atoms with E-state index >= 15 is 0 Å². The van der Waals surface area contributed by atoms with Crippen molar-refractivity contribution in [2.75, 3.05) is 17.2 Å². The highest BCUT2D eigenvalue weighted by atomic mass is 79.9. The van der Waals surface area contributed by atoms with Crippen LogP contribution in [-0.4, -0.2) is 12.6 Å². The number of benzene rings is 1. The number of nitrogens with two attached hydrogens (primary N) is 1. The van der Waals surface area contributed by atoms with Crippen molar-refractivity contribution in [2.24, 2.45) is 0 Å². The largest absolute Gasteiger partial charge is 0.398 e. The highest BCUT2D eigenvalue weighted by molar-refractivity contribution is 9.10.